The van der Waals surface area contributed by atoms with Crippen LogP contribution in [0.15, 0.2) is 84.9 Å². The minimum atomic E-state index is -0.327. The number of nitrogens with zero attached hydrogens (tertiary/aromatic N) is 2. The van der Waals surface area contributed by atoms with Gasteiger partial charge < -0.3 is 9.30 Å². The minimum Gasteiger partial charge on any atom is -0.462 e. The number of fused-ring (bicyclic) bond motifs is 1. The first kappa shape index (κ1) is 22.4. The third-order valence-electron chi connectivity index (χ3n) is 6.29. The average molecular weight is 463 g/mol. The van der Waals surface area contributed by atoms with Crippen LogP contribution < -0.4 is 4.90 Å². The SMILES string of the molecule is CCOC(=O)c1ccc(-n2c(C)cc(/C=C3/C(=O)N(c4ccccc4)c4ccccc43)c2C)cc1. The Morgan fingerprint density at radius 2 is 1.57 bits per heavy atom. The zero-order valence-electron chi connectivity index (χ0n) is 20.0. The van der Waals surface area contributed by atoms with Crippen LogP contribution in [0.4, 0.5) is 11.4 Å². The van der Waals surface area contributed by atoms with E-state index in [-0.39, 0.29) is 11.9 Å². The molecule has 5 nitrogen and oxygen atoms in total. The van der Waals surface area contributed by atoms with Crippen LogP contribution in [0.3, 0.4) is 0 Å². The molecule has 35 heavy (non-hydrogen) atoms. The number of carbonyl (C=O) groups excluding carboxylic acids is 2. The van der Waals surface area contributed by atoms with Crippen LogP contribution in [-0.2, 0) is 9.53 Å². The van der Waals surface area contributed by atoms with Crippen LogP contribution in [0.2, 0.25) is 0 Å². The lowest BCUT2D eigenvalue weighted by molar-refractivity contribution is -0.112. The standard InChI is InChI=1S/C30H26N2O3/c1-4-35-30(34)22-14-16-25(17-15-22)31-20(2)18-23(21(31)3)19-27-26-12-8-9-13-28(26)32(29(27)33)24-10-6-5-7-11-24/h5-19H,4H2,1-3H3/b27-19+. The Labute approximate surface area is 204 Å². The highest BCUT2D eigenvalue weighted by Gasteiger charge is 2.33. The van der Waals surface area contributed by atoms with E-state index in [1.54, 1.807) is 24.0 Å². The Morgan fingerprint density at radius 1 is 0.886 bits per heavy atom. The van der Waals surface area contributed by atoms with Crippen LogP contribution in [0.25, 0.3) is 17.3 Å². The highest BCUT2D eigenvalue weighted by Crippen LogP contribution is 2.42. The van der Waals surface area contributed by atoms with Crippen molar-refractivity contribution in [2.24, 2.45) is 0 Å². The lowest BCUT2D eigenvalue weighted by Crippen LogP contribution is -2.20. The van der Waals surface area contributed by atoms with E-state index in [4.69, 9.17) is 4.74 Å². The molecule has 3 aromatic carbocycles. The number of anilines is 2. The highest BCUT2D eigenvalue weighted by molar-refractivity contribution is 6.38. The number of aromatic nitrogens is 1. The molecule has 5 heteroatoms. The van der Waals surface area contributed by atoms with Gasteiger partial charge in [-0.3, -0.25) is 9.69 Å². The second-order valence-corrected chi connectivity index (χ2v) is 8.48. The number of benzene rings is 3. The molecule has 0 radical (unpaired) electrons. The average Bonchev–Trinajstić information content (AvgIpc) is 3.32. The molecule has 1 aromatic heterocycles. The molecule has 0 spiro atoms. The zero-order chi connectivity index (χ0) is 24.5. The molecule has 0 unspecified atom stereocenters. The molecule has 0 bridgehead atoms. The number of rotatable bonds is 5. The summed E-state index contributed by atoms with van der Waals surface area (Å²) in [5.74, 6) is -0.368. The van der Waals surface area contributed by atoms with Gasteiger partial charge in [0.05, 0.1) is 23.4 Å². The van der Waals surface area contributed by atoms with Crippen LogP contribution in [-0.4, -0.2) is 23.1 Å². The van der Waals surface area contributed by atoms with Crippen molar-refractivity contribution in [3.05, 3.63) is 113 Å². The number of hydrogen-bond donors (Lipinski definition) is 0. The molecule has 4 aromatic rings. The Balaban J connectivity index is 1.54. The molecule has 0 N–H and O–H groups in total. The molecular weight excluding hydrogens is 436 g/mol. The number of carbonyl (C=O) groups is 2. The minimum absolute atomic E-state index is 0.0407. The number of amides is 1. The van der Waals surface area contributed by atoms with Crippen molar-refractivity contribution in [3.8, 4) is 5.69 Å². The molecule has 174 valence electrons. The van der Waals surface area contributed by atoms with Gasteiger partial charge in [-0.1, -0.05) is 36.4 Å². The maximum atomic E-state index is 13.6. The van der Waals surface area contributed by atoms with E-state index in [0.717, 1.165) is 39.6 Å². The van der Waals surface area contributed by atoms with Gasteiger partial charge in [0.25, 0.3) is 5.91 Å². The molecule has 1 aliphatic heterocycles. The van der Waals surface area contributed by atoms with Crippen molar-refractivity contribution < 1.29 is 14.3 Å². The zero-order valence-corrected chi connectivity index (χ0v) is 20.0. The summed E-state index contributed by atoms with van der Waals surface area (Å²) < 4.78 is 7.22. The fourth-order valence-electron chi connectivity index (χ4n) is 4.66. The highest BCUT2D eigenvalue weighted by atomic mass is 16.5. The van der Waals surface area contributed by atoms with E-state index >= 15 is 0 Å². The van der Waals surface area contributed by atoms with Gasteiger partial charge in [0.15, 0.2) is 0 Å². The van der Waals surface area contributed by atoms with Gasteiger partial charge in [-0.05, 0) is 80.9 Å². The van der Waals surface area contributed by atoms with Crippen molar-refractivity contribution >= 4 is 34.9 Å². The third kappa shape index (κ3) is 3.95. The number of hydrogen-bond acceptors (Lipinski definition) is 3. The molecule has 1 aliphatic rings. The lowest BCUT2D eigenvalue weighted by atomic mass is 10.0. The predicted octanol–water partition coefficient (Wildman–Crippen LogP) is 6.49. The molecule has 1 amide bonds. The number of aryl methyl sites for hydroxylation is 1. The van der Waals surface area contributed by atoms with Gasteiger partial charge in [-0.2, -0.15) is 0 Å². The van der Waals surface area contributed by atoms with Crippen molar-refractivity contribution in [1.82, 2.24) is 4.57 Å². The summed E-state index contributed by atoms with van der Waals surface area (Å²) in [5.41, 5.74) is 7.83. The topological polar surface area (TPSA) is 51.5 Å². The lowest BCUT2D eigenvalue weighted by Gasteiger charge is -2.16. The van der Waals surface area contributed by atoms with Crippen LogP contribution in [0.1, 0.15) is 39.8 Å². The molecule has 0 atom stereocenters. The fourth-order valence-corrected chi connectivity index (χ4v) is 4.66. The summed E-state index contributed by atoms with van der Waals surface area (Å²) in [6, 6.07) is 27.1. The van der Waals surface area contributed by atoms with E-state index in [9.17, 15) is 9.59 Å². The fraction of sp³-hybridized carbons (Fsp3) is 0.133. The first-order valence-corrected chi connectivity index (χ1v) is 11.7. The number of ether oxygens (including phenoxy) is 1. The second-order valence-electron chi connectivity index (χ2n) is 8.48. The van der Waals surface area contributed by atoms with Crippen LogP contribution in [0.5, 0.6) is 0 Å². The maximum absolute atomic E-state index is 13.6. The summed E-state index contributed by atoms with van der Waals surface area (Å²) in [5, 5.41) is 0. The Hall–Kier alpha value is -4.38. The van der Waals surface area contributed by atoms with Crippen molar-refractivity contribution in [1.29, 1.82) is 0 Å². The number of para-hydroxylation sites is 2. The van der Waals surface area contributed by atoms with Crippen molar-refractivity contribution in [3.63, 3.8) is 0 Å². The summed E-state index contributed by atoms with van der Waals surface area (Å²) >= 11 is 0. The van der Waals surface area contributed by atoms with Gasteiger partial charge >= 0.3 is 5.97 Å². The molecule has 0 saturated carbocycles. The van der Waals surface area contributed by atoms with E-state index in [0.29, 0.717) is 17.7 Å². The van der Waals surface area contributed by atoms with E-state index < -0.39 is 0 Å². The Bertz CT molecular complexity index is 1450. The third-order valence-corrected chi connectivity index (χ3v) is 6.29. The maximum Gasteiger partial charge on any atom is 0.338 e. The normalized spacial score (nSPS) is 13.9. The van der Waals surface area contributed by atoms with Gasteiger partial charge in [0.1, 0.15) is 0 Å². The smallest absolute Gasteiger partial charge is 0.338 e. The quantitative estimate of drug-likeness (QED) is 0.252. The van der Waals surface area contributed by atoms with Crippen LogP contribution >= 0.6 is 0 Å². The van der Waals surface area contributed by atoms with Crippen molar-refractivity contribution in [2.45, 2.75) is 20.8 Å². The summed E-state index contributed by atoms with van der Waals surface area (Å²) in [6.45, 7) is 6.22. The van der Waals surface area contributed by atoms with Crippen molar-refractivity contribution in [2.75, 3.05) is 11.5 Å². The van der Waals surface area contributed by atoms with E-state index in [1.165, 1.54) is 0 Å². The first-order chi connectivity index (χ1) is 17.0. The van der Waals surface area contributed by atoms with Gasteiger partial charge in [0.2, 0.25) is 0 Å². The van der Waals surface area contributed by atoms with Crippen LogP contribution in [0, 0.1) is 13.8 Å². The van der Waals surface area contributed by atoms with E-state index in [1.807, 2.05) is 86.7 Å². The molecule has 0 saturated heterocycles. The molecule has 0 aliphatic carbocycles. The monoisotopic (exact) mass is 462 g/mol. The van der Waals surface area contributed by atoms with Gasteiger partial charge in [0, 0.05) is 28.3 Å². The van der Waals surface area contributed by atoms with Gasteiger partial charge in [-0.15, -0.1) is 0 Å². The predicted molar refractivity (Wildman–Crippen MR) is 139 cm³/mol. The first-order valence-electron chi connectivity index (χ1n) is 11.7. The molecule has 0 fully saturated rings. The molecule has 5 rings (SSSR count). The molecule has 2 heterocycles. The summed E-state index contributed by atoms with van der Waals surface area (Å²) in [4.78, 5) is 27.4. The van der Waals surface area contributed by atoms with Gasteiger partial charge in [-0.25, -0.2) is 4.79 Å². The Kier molecular flexibility index (Phi) is 5.83. The Morgan fingerprint density at radius 3 is 2.29 bits per heavy atom. The summed E-state index contributed by atoms with van der Waals surface area (Å²) in [7, 11) is 0. The number of esters is 1. The second kappa shape index (κ2) is 9.11. The summed E-state index contributed by atoms with van der Waals surface area (Å²) in [6.07, 6.45) is 1.98. The van der Waals surface area contributed by atoms with E-state index in [2.05, 4.69) is 10.6 Å². The largest absolute Gasteiger partial charge is 0.462 e. The molecular formula is C30H26N2O3.